The largest absolute Gasteiger partial charge is 0.427 e. The molecule has 0 aromatic heterocycles. The van der Waals surface area contributed by atoms with Crippen LogP contribution in [0.5, 0.6) is 0 Å². The van der Waals surface area contributed by atoms with Crippen molar-refractivity contribution in [3.8, 4) is 11.1 Å². The van der Waals surface area contributed by atoms with Crippen molar-refractivity contribution in [1.82, 2.24) is 0 Å². The molecule has 2 rings (SSSR count). The summed E-state index contributed by atoms with van der Waals surface area (Å²) in [6.07, 6.45) is 0. The highest BCUT2D eigenvalue weighted by atomic mass is 16.5. The van der Waals surface area contributed by atoms with E-state index in [9.17, 15) is 5.11 Å². The van der Waals surface area contributed by atoms with E-state index in [1.165, 1.54) is 0 Å². The maximum Gasteiger partial charge on any atom is 0.330 e. The molecule has 0 amide bonds. The fraction of sp³-hybridized carbons (Fsp3) is 0.350. The molecule has 0 fully saturated rings. The SMILES string of the molecule is CC(C)(O)C(C)(C)O[B]c1ccc(-c2ccc(C(=N)CN)cc2)cc1. The number of aliphatic hydroxyl groups is 1. The molecule has 131 valence electrons. The lowest BCUT2D eigenvalue weighted by molar-refractivity contribution is -0.0893. The topological polar surface area (TPSA) is 79.3 Å². The van der Waals surface area contributed by atoms with Crippen molar-refractivity contribution in [1.29, 1.82) is 5.41 Å². The van der Waals surface area contributed by atoms with E-state index < -0.39 is 11.2 Å². The first kappa shape index (κ1) is 19.4. The van der Waals surface area contributed by atoms with Crippen LogP contribution in [0, 0.1) is 5.41 Å². The third-order valence-corrected chi connectivity index (χ3v) is 4.64. The Balaban J connectivity index is 2.06. The highest BCUT2D eigenvalue weighted by molar-refractivity contribution is 6.47. The van der Waals surface area contributed by atoms with Crippen LogP contribution in [0.2, 0.25) is 0 Å². The maximum absolute atomic E-state index is 10.1. The highest BCUT2D eigenvalue weighted by Crippen LogP contribution is 2.24. The summed E-state index contributed by atoms with van der Waals surface area (Å²) < 4.78 is 5.77. The Labute approximate surface area is 150 Å². The molecule has 1 radical (unpaired) electrons. The summed E-state index contributed by atoms with van der Waals surface area (Å²) in [4.78, 5) is 0. The Morgan fingerprint density at radius 2 is 1.48 bits per heavy atom. The van der Waals surface area contributed by atoms with Crippen LogP contribution in [0.4, 0.5) is 0 Å². The third-order valence-electron chi connectivity index (χ3n) is 4.64. The van der Waals surface area contributed by atoms with Crippen LogP contribution in [0.3, 0.4) is 0 Å². The number of benzene rings is 2. The second-order valence-electron chi connectivity index (χ2n) is 7.19. The molecule has 0 atom stereocenters. The Morgan fingerprint density at radius 3 is 1.92 bits per heavy atom. The number of nitrogens with two attached hydrogens (primary N) is 1. The Bertz CT molecular complexity index is 717. The Hall–Kier alpha value is -1.95. The Morgan fingerprint density at radius 1 is 1.00 bits per heavy atom. The van der Waals surface area contributed by atoms with Gasteiger partial charge in [0, 0.05) is 6.54 Å². The van der Waals surface area contributed by atoms with Gasteiger partial charge in [-0.05, 0) is 44.4 Å². The van der Waals surface area contributed by atoms with Gasteiger partial charge in [0.25, 0.3) is 0 Å². The smallest absolute Gasteiger partial charge is 0.330 e. The van der Waals surface area contributed by atoms with Crippen LogP contribution < -0.4 is 11.2 Å². The molecule has 2 aromatic carbocycles. The van der Waals surface area contributed by atoms with Gasteiger partial charge >= 0.3 is 7.48 Å². The summed E-state index contributed by atoms with van der Waals surface area (Å²) in [5.74, 6) is 0. The first-order chi connectivity index (χ1) is 11.6. The zero-order valence-corrected chi connectivity index (χ0v) is 15.3. The van der Waals surface area contributed by atoms with Gasteiger partial charge in [-0.1, -0.05) is 54.0 Å². The van der Waals surface area contributed by atoms with Crippen molar-refractivity contribution in [2.45, 2.75) is 38.9 Å². The molecule has 5 heteroatoms. The van der Waals surface area contributed by atoms with E-state index in [0.29, 0.717) is 5.71 Å². The quantitative estimate of drug-likeness (QED) is 0.536. The molecule has 25 heavy (non-hydrogen) atoms. The van der Waals surface area contributed by atoms with Gasteiger partial charge in [0.15, 0.2) is 0 Å². The van der Waals surface area contributed by atoms with Crippen LogP contribution in [0.25, 0.3) is 11.1 Å². The molecule has 0 saturated heterocycles. The van der Waals surface area contributed by atoms with Gasteiger partial charge < -0.3 is 20.9 Å². The average Bonchev–Trinajstić information content (AvgIpc) is 2.59. The second-order valence-corrected chi connectivity index (χ2v) is 7.19. The van der Waals surface area contributed by atoms with Crippen LogP contribution in [0.1, 0.15) is 33.3 Å². The summed E-state index contributed by atoms with van der Waals surface area (Å²) in [5.41, 5.74) is 8.25. The summed E-state index contributed by atoms with van der Waals surface area (Å²) in [5, 5.41) is 17.9. The van der Waals surface area contributed by atoms with Gasteiger partial charge in [-0.25, -0.2) is 0 Å². The minimum absolute atomic E-state index is 0.241. The van der Waals surface area contributed by atoms with Crippen molar-refractivity contribution in [2.24, 2.45) is 5.73 Å². The minimum Gasteiger partial charge on any atom is -0.427 e. The summed E-state index contributed by atoms with van der Waals surface area (Å²) in [7, 11) is 1.67. The molecule has 0 saturated carbocycles. The van der Waals surface area contributed by atoms with Gasteiger partial charge in [-0.15, -0.1) is 0 Å². The lowest BCUT2D eigenvalue weighted by Gasteiger charge is -2.37. The van der Waals surface area contributed by atoms with Crippen LogP contribution in [-0.2, 0) is 4.65 Å². The summed E-state index contributed by atoms with van der Waals surface area (Å²) >= 11 is 0. The fourth-order valence-electron chi connectivity index (χ4n) is 2.10. The molecule has 0 aliphatic carbocycles. The number of rotatable bonds is 7. The number of nitrogens with one attached hydrogen (secondary N) is 1. The molecule has 0 spiro atoms. The van der Waals surface area contributed by atoms with Crippen molar-refractivity contribution in [2.75, 3.05) is 6.54 Å². The van der Waals surface area contributed by atoms with E-state index in [-0.39, 0.29) is 6.54 Å². The molecule has 0 aliphatic heterocycles. The van der Waals surface area contributed by atoms with Gasteiger partial charge in [0.05, 0.1) is 16.9 Å². The molecule has 0 unspecified atom stereocenters. The van der Waals surface area contributed by atoms with Crippen molar-refractivity contribution < 1.29 is 9.76 Å². The van der Waals surface area contributed by atoms with Gasteiger partial charge in [-0.2, -0.15) is 0 Å². The molecule has 0 bridgehead atoms. The predicted molar refractivity (Wildman–Crippen MR) is 105 cm³/mol. The first-order valence-electron chi connectivity index (χ1n) is 8.36. The van der Waals surface area contributed by atoms with Gasteiger partial charge in [-0.3, -0.25) is 0 Å². The highest BCUT2D eigenvalue weighted by Gasteiger charge is 2.35. The molecular weight excluding hydrogens is 311 g/mol. The van der Waals surface area contributed by atoms with E-state index in [1.807, 2.05) is 62.4 Å². The first-order valence-corrected chi connectivity index (χ1v) is 8.36. The van der Waals surface area contributed by atoms with E-state index in [1.54, 1.807) is 21.3 Å². The maximum atomic E-state index is 10.1. The monoisotopic (exact) mass is 337 g/mol. The molecule has 0 aliphatic rings. The molecule has 4 N–H and O–H groups in total. The van der Waals surface area contributed by atoms with Crippen LogP contribution >= 0.6 is 0 Å². The van der Waals surface area contributed by atoms with Gasteiger partial charge in [0.2, 0.25) is 0 Å². The van der Waals surface area contributed by atoms with E-state index in [4.69, 9.17) is 15.8 Å². The number of hydrogen-bond acceptors (Lipinski definition) is 4. The third kappa shape index (κ3) is 4.79. The fourth-order valence-corrected chi connectivity index (χ4v) is 2.10. The molecular formula is C20H26BN2O2. The van der Waals surface area contributed by atoms with Crippen LogP contribution in [-0.4, -0.2) is 36.0 Å². The summed E-state index contributed by atoms with van der Waals surface area (Å²) in [6.45, 7) is 7.43. The molecule has 0 heterocycles. The van der Waals surface area contributed by atoms with E-state index in [2.05, 4.69) is 0 Å². The van der Waals surface area contributed by atoms with Crippen molar-refractivity contribution in [3.05, 3.63) is 54.1 Å². The summed E-state index contributed by atoms with van der Waals surface area (Å²) in [6, 6.07) is 15.8. The van der Waals surface area contributed by atoms with E-state index >= 15 is 0 Å². The average molecular weight is 337 g/mol. The number of hydrogen-bond donors (Lipinski definition) is 3. The van der Waals surface area contributed by atoms with Crippen molar-refractivity contribution in [3.63, 3.8) is 0 Å². The van der Waals surface area contributed by atoms with Crippen LogP contribution in [0.15, 0.2) is 48.5 Å². The lowest BCUT2D eigenvalue weighted by atomic mass is 9.82. The van der Waals surface area contributed by atoms with E-state index in [0.717, 1.165) is 22.2 Å². The second kappa shape index (κ2) is 7.52. The zero-order chi connectivity index (χ0) is 18.7. The Kier molecular flexibility index (Phi) is 5.83. The van der Waals surface area contributed by atoms with Crippen molar-refractivity contribution >= 4 is 18.7 Å². The standard InChI is InChI=1S/C20H26BN2O2/c1-19(2,24)20(3,4)25-21-17-11-9-15(10-12-17)14-5-7-16(8-6-14)18(23)13-22/h5-12,23-24H,13,22H2,1-4H3. The predicted octanol–water partition coefficient (Wildman–Crippen LogP) is 2.49. The lowest BCUT2D eigenvalue weighted by Crippen LogP contribution is -2.49. The van der Waals surface area contributed by atoms with Gasteiger partial charge in [0.1, 0.15) is 0 Å². The minimum atomic E-state index is -0.942. The normalized spacial score (nSPS) is 12.1. The molecule has 2 aromatic rings. The zero-order valence-electron chi connectivity index (χ0n) is 15.3. The molecule has 4 nitrogen and oxygen atoms in total.